The van der Waals surface area contributed by atoms with Crippen LogP contribution in [0.15, 0.2) is 22.7 Å². The summed E-state index contributed by atoms with van der Waals surface area (Å²) in [6.07, 6.45) is -3.70. The second-order valence-electron chi connectivity index (χ2n) is 4.44. The van der Waals surface area contributed by atoms with Crippen molar-refractivity contribution >= 4 is 15.9 Å². The quantitative estimate of drug-likeness (QED) is 0.902. The van der Waals surface area contributed by atoms with E-state index in [0.717, 1.165) is 12.5 Å². The van der Waals surface area contributed by atoms with Gasteiger partial charge in [-0.2, -0.15) is 13.2 Å². The average molecular weight is 364 g/mol. The molecule has 0 atom stereocenters. The van der Waals surface area contributed by atoms with Crippen LogP contribution in [0.2, 0.25) is 0 Å². The highest BCUT2D eigenvalue weighted by Gasteiger charge is 2.33. The van der Waals surface area contributed by atoms with Crippen LogP contribution in [0.4, 0.5) is 13.2 Å². The van der Waals surface area contributed by atoms with E-state index in [4.69, 9.17) is 0 Å². The summed E-state index contributed by atoms with van der Waals surface area (Å²) < 4.78 is 40.5. The van der Waals surface area contributed by atoms with Crippen molar-refractivity contribution in [2.45, 2.75) is 32.7 Å². The first-order chi connectivity index (χ1) is 9.88. The maximum absolute atomic E-state index is 13.0. The largest absolute Gasteiger partial charge is 0.417 e. The molecule has 2 rings (SSSR count). The SMILES string of the molecule is CCCn1c(CO)nnc1-c1ccc(Br)c(C(F)(F)F)c1. The number of aliphatic hydroxyl groups is 1. The van der Waals surface area contributed by atoms with Gasteiger partial charge in [-0.15, -0.1) is 10.2 Å². The molecule has 21 heavy (non-hydrogen) atoms. The van der Waals surface area contributed by atoms with Crippen molar-refractivity contribution in [3.05, 3.63) is 34.1 Å². The number of nitrogens with zero attached hydrogens (tertiary/aromatic N) is 3. The van der Waals surface area contributed by atoms with Crippen LogP contribution in [-0.4, -0.2) is 19.9 Å². The van der Waals surface area contributed by atoms with Crippen molar-refractivity contribution in [2.24, 2.45) is 0 Å². The van der Waals surface area contributed by atoms with Crippen LogP contribution in [0.1, 0.15) is 24.7 Å². The topological polar surface area (TPSA) is 50.9 Å². The molecule has 0 saturated carbocycles. The third kappa shape index (κ3) is 3.26. The third-order valence-corrected chi connectivity index (χ3v) is 3.64. The first-order valence-corrected chi connectivity index (χ1v) is 7.07. The van der Waals surface area contributed by atoms with E-state index in [1.54, 1.807) is 4.57 Å². The summed E-state index contributed by atoms with van der Waals surface area (Å²) in [7, 11) is 0. The minimum Gasteiger partial charge on any atom is -0.388 e. The van der Waals surface area contributed by atoms with Crippen molar-refractivity contribution in [2.75, 3.05) is 0 Å². The molecule has 0 aliphatic heterocycles. The molecule has 2 aromatic rings. The Balaban J connectivity index is 2.55. The number of alkyl halides is 3. The lowest BCUT2D eigenvalue weighted by molar-refractivity contribution is -0.138. The van der Waals surface area contributed by atoms with Gasteiger partial charge >= 0.3 is 6.18 Å². The predicted molar refractivity (Wildman–Crippen MR) is 74.4 cm³/mol. The Kier molecular flexibility index (Phi) is 4.67. The lowest BCUT2D eigenvalue weighted by Crippen LogP contribution is -2.08. The molecule has 1 N–H and O–H groups in total. The van der Waals surface area contributed by atoms with Gasteiger partial charge in [-0.1, -0.05) is 28.9 Å². The first-order valence-electron chi connectivity index (χ1n) is 6.28. The fourth-order valence-corrected chi connectivity index (χ4v) is 2.48. The van der Waals surface area contributed by atoms with Gasteiger partial charge in [-0.3, -0.25) is 0 Å². The van der Waals surface area contributed by atoms with E-state index in [1.165, 1.54) is 12.1 Å². The highest BCUT2D eigenvalue weighted by Crippen LogP contribution is 2.37. The second-order valence-corrected chi connectivity index (χ2v) is 5.30. The molecular weight excluding hydrogens is 351 g/mol. The smallest absolute Gasteiger partial charge is 0.388 e. The Hall–Kier alpha value is -1.41. The molecule has 0 fully saturated rings. The molecule has 0 saturated heterocycles. The minimum atomic E-state index is -4.45. The standard InChI is InChI=1S/C13H13BrF3N3O/c1-2-5-20-11(7-21)18-19-12(20)8-3-4-10(14)9(6-8)13(15,16)17/h3-4,6,21H,2,5,7H2,1H3. The summed E-state index contributed by atoms with van der Waals surface area (Å²) >= 11 is 2.90. The zero-order chi connectivity index (χ0) is 15.6. The maximum atomic E-state index is 13.0. The van der Waals surface area contributed by atoms with Crippen LogP contribution in [0.3, 0.4) is 0 Å². The molecule has 1 aromatic carbocycles. The number of benzene rings is 1. The molecule has 0 unspecified atom stereocenters. The number of hydrogen-bond acceptors (Lipinski definition) is 3. The van der Waals surface area contributed by atoms with E-state index in [0.29, 0.717) is 23.8 Å². The van der Waals surface area contributed by atoms with Gasteiger partial charge in [0.1, 0.15) is 6.61 Å². The number of rotatable bonds is 4. The number of halogens is 4. The van der Waals surface area contributed by atoms with E-state index in [2.05, 4.69) is 26.1 Å². The molecule has 0 aliphatic carbocycles. The van der Waals surface area contributed by atoms with Crippen molar-refractivity contribution in [3.63, 3.8) is 0 Å². The van der Waals surface area contributed by atoms with Crippen LogP contribution in [0.5, 0.6) is 0 Å². The molecule has 0 bridgehead atoms. The number of hydrogen-bond donors (Lipinski definition) is 1. The van der Waals surface area contributed by atoms with Crippen molar-refractivity contribution in [1.29, 1.82) is 0 Å². The third-order valence-electron chi connectivity index (χ3n) is 2.95. The highest BCUT2D eigenvalue weighted by molar-refractivity contribution is 9.10. The molecule has 8 heteroatoms. The van der Waals surface area contributed by atoms with Gasteiger partial charge in [0.25, 0.3) is 0 Å². The number of aliphatic hydroxyl groups excluding tert-OH is 1. The fourth-order valence-electron chi connectivity index (χ4n) is 2.01. The number of aromatic nitrogens is 3. The molecule has 0 amide bonds. The van der Waals surface area contributed by atoms with Gasteiger partial charge in [-0.05, 0) is 18.6 Å². The summed E-state index contributed by atoms with van der Waals surface area (Å²) in [4.78, 5) is 0. The van der Waals surface area contributed by atoms with Gasteiger partial charge in [-0.25, -0.2) is 0 Å². The predicted octanol–water partition coefficient (Wildman–Crippen LogP) is 3.63. The van der Waals surface area contributed by atoms with E-state index in [9.17, 15) is 18.3 Å². The van der Waals surface area contributed by atoms with Gasteiger partial charge in [0.15, 0.2) is 11.6 Å². The normalized spacial score (nSPS) is 11.9. The molecule has 1 aromatic heterocycles. The Morgan fingerprint density at radius 2 is 2.00 bits per heavy atom. The summed E-state index contributed by atoms with van der Waals surface area (Å²) in [6.45, 7) is 2.14. The zero-order valence-electron chi connectivity index (χ0n) is 11.2. The minimum absolute atomic E-state index is 0.0253. The van der Waals surface area contributed by atoms with E-state index >= 15 is 0 Å². The molecule has 1 heterocycles. The molecule has 114 valence electrons. The average Bonchev–Trinajstić information content (AvgIpc) is 2.81. The summed E-state index contributed by atoms with van der Waals surface area (Å²) in [5.41, 5.74) is -0.456. The Morgan fingerprint density at radius 1 is 1.29 bits per heavy atom. The van der Waals surface area contributed by atoms with Crippen molar-refractivity contribution in [1.82, 2.24) is 14.8 Å². The monoisotopic (exact) mass is 363 g/mol. The van der Waals surface area contributed by atoms with Crippen LogP contribution in [-0.2, 0) is 19.3 Å². The highest BCUT2D eigenvalue weighted by atomic mass is 79.9. The van der Waals surface area contributed by atoms with Crippen LogP contribution in [0, 0.1) is 0 Å². The van der Waals surface area contributed by atoms with Crippen molar-refractivity contribution < 1.29 is 18.3 Å². The van der Waals surface area contributed by atoms with Crippen LogP contribution in [0.25, 0.3) is 11.4 Å². The van der Waals surface area contributed by atoms with Gasteiger partial charge in [0.05, 0.1) is 5.56 Å². The molecule has 0 radical (unpaired) electrons. The Morgan fingerprint density at radius 3 is 2.57 bits per heavy atom. The first kappa shape index (κ1) is 16.0. The van der Waals surface area contributed by atoms with E-state index in [1.807, 2.05) is 6.92 Å². The van der Waals surface area contributed by atoms with Gasteiger partial charge in [0.2, 0.25) is 0 Å². The van der Waals surface area contributed by atoms with E-state index in [-0.39, 0.29) is 11.1 Å². The Labute approximate surface area is 127 Å². The fraction of sp³-hybridized carbons (Fsp3) is 0.385. The van der Waals surface area contributed by atoms with Crippen LogP contribution < -0.4 is 0 Å². The van der Waals surface area contributed by atoms with Crippen LogP contribution >= 0.6 is 15.9 Å². The summed E-state index contributed by atoms with van der Waals surface area (Å²) in [5.74, 6) is 0.655. The lowest BCUT2D eigenvalue weighted by Gasteiger charge is -2.12. The summed E-state index contributed by atoms with van der Waals surface area (Å²) in [5, 5.41) is 16.9. The van der Waals surface area contributed by atoms with Crippen molar-refractivity contribution in [3.8, 4) is 11.4 Å². The summed E-state index contributed by atoms with van der Waals surface area (Å²) in [6, 6.07) is 3.90. The van der Waals surface area contributed by atoms with Gasteiger partial charge in [0, 0.05) is 16.6 Å². The van der Waals surface area contributed by atoms with E-state index < -0.39 is 11.7 Å². The molecule has 4 nitrogen and oxygen atoms in total. The lowest BCUT2D eigenvalue weighted by atomic mass is 10.1. The van der Waals surface area contributed by atoms with Gasteiger partial charge < -0.3 is 9.67 Å². The Bertz CT molecular complexity index is 640. The molecular formula is C13H13BrF3N3O. The molecule has 0 spiro atoms. The maximum Gasteiger partial charge on any atom is 0.417 e. The molecule has 0 aliphatic rings. The zero-order valence-corrected chi connectivity index (χ0v) is 12.7. The second kappa shape index (κ2) is 6.15.